The summed E-state index contributed by atoms with van der Waals surface area (Å²) in [6, 6.07) is 9.18. The number of hydrogen-bond acceptors (Lipinski definition) is 4. The van der Waals surface area contributed by atoms with E-state index in [9.17, 15) is 17.2 Å². The highest BCUT2D eigenvalue weighted by molar-refractivity contribution is 7.89. The van der Waals surface area contributed by atoms with Gasteiger partial charge in [-0.1, -0.05) is 24.0 Å². The normalized spacial score (nSPS) is 10.7. The minimum absolute atomic E-state index is 0.0103. The van der Waals surface area contributed by atoms with Crippen LogP contribution in [-0.4, -0.2) is 28.7 Å². The number of nitrogens with one attached hydrogen (secondary N) is 1. The second kappa shape index (κ2) is 8.46. The molecule has 2 rings (SSSR count). The number of benzene rings is 2. The molecule has 2 aromatic carbocycles. The van der Waals surface area contributed by atoms with Crippen molar-refractivity contribution in [2.75, 3.05) is 20.3 Å². The highest BCUT2D eigenvalue weighted by atomic mass is 32.2. The first-order valence-corrected chi connectivity index (χ1v) is 8.58. The second-order valence-corrected chi connectivity index (χ2v) is 6.43. The van der Waals surface area contributed by atoms with Gasteiger partial charge in [-0.25, -0.2) is 17.2 Å². The molecule has 0 radical (unpaired) electrons. The summed E-state index contributed by atoms with van der Waals surface area (Å²) in [6.45, 7) is -0.260. The molecule has 0 saturated heterocycles. The lowest BCUT2D eigenvalue weighted by Gasteiger charge is -2.07. The van der Waals surface area contributed by atoms with Gasteiger partial charge in [-0.15, -0.1) is 0 Å². The molecule has 1 N–H and O–H groups in total. The average molecular weight is 367 g/mol. The van der Waals surface area contributed by atoms with Crippen LogP contribution in [0.4, 0.5) is 8.78 Å². The zero-order chi connectivity index (χ0) is 18.3. The van der Waals surface area contributed by atoms with Crippen LogP contribution >= 0.6 is 0 Å². The average Bonchev–Trinajstić information content (AvgIpc) is 2.60. The van der Waals surface area contributed by atoms with Crippen molar-refractivity contribution in [1.29, 1.82) is 0 Å². The predicted octanol–water partition coefficient (Wildman–Crippen LogP) is 2.33. The van der Waals surface area contributed by atoms with Crippen molar-refractivity contribution in [1.82, 2.24) is 4.72 Å². The molecule has 132 valence electrons. The van der Waals surface area contributed by atoms with Crippen molar-refractivity contribution in [3.05, 3.63) is 54.1 Å². The van der Waals surface area contributed by atoms with E-state index in [2.05, 4.69) is 16.6 Å². The van der Waals surface area contributed by atoms with Crippen LogP contribution in [0, 0.1) is 23.5 Å². The number of hydrogen-bond donors (Lipinski definition) is 1. The van der Waals surface area contributed by atoms with Gasteiger partial charge in [0.2, 0.25) is 10.0 Å². The van der Waals surface area contributed by atoms with Gasteiger partial charge in [0.05, 0.1) is 13.7 Å². The highest BCUT2D eigenvalue weighted by Gasteiger charge is 2.18. The molecule has 0 aliphatic rings. The molecule has 5 nitrogen and oxygen atoms in total. The Bertz CT molecular complexity index is 904. The third kappa shape index (κ3) is 5.17. The molecule has 0 aliphatic heterocycles. The van der Waals surface area contributed by atoms with Crippen LogP contribution < -0.4 is 14.2 Å². The van der Waals surface area contributed by atoms with Crippen molar-refractivity contribution in [2.24, 2.45) is 0 Å². The summed E-state index contributed by atoms with van der Waals surface area (Å²) in [5, 5.41) is 0. The lowest BCUT2D eigenvalue weighted by atomic mass is 10.3. The quantitative estimate of drug-likeness (QED) is 0.796. The van der Waals surface area contributed by atoms with Gasteiger partial charge < -0.3 is 9.47 Å². The Kier molecular flexibility index (Phi) is 6.33. The van der Waals surface area contributed by atoms with E-state index in [0.717, 1.165) is 12.1 Å². The van der Waals surface area contributed by atoms with Crippen LogP contribution in [0.1, 0.15) is 0 Å². The molecule has 0 bridgehead atoms. The minimum Gasteiger partial charge on any atom is -0.493 e. The molecule has 0 atom stereocenters. The molecule has 0 heterocycles. The van der Waals surface area contributed by atoms with E-state index in [0.29, 0.717) is 17.6 Å². The summed E-state index contributed by atoms with van der Waals surface area (Å²) in [6.07, 6.45) is 0. The first-order chi connectivity index (χ1) is 11.9. The molecule has 25 heavy (non-hydrogen) atoms. The molecule has 0 aromatic heterocycles. The molecule has 0 unspecified atom stereocenters. The highest BCUT2D eigenvalue weighted by Crippen LogP contribution is 2.25. The van der Waals surface area contributed by atoms with Crippen molar-refractivity contribution in [2.45, 2.75) is 4.90 Å². The van der Waals surface area contributed by atoms with Gasteiger partial charge in [0.25, 0.3) is 0 Å². The fourth-order valence-corrected chi connectivity index (χ4v) is 2.87. The lowest BCUT2D eigenvalue weighted by molar-refractivity contribution is 0.331. The molecule has 2 aromatic rings. The molecule has 8 heteroatoms. The van der Waals surface area contributed by atoms with E-state index in [1.165, 1.54) is 7.11 Å². The molecular weight excluding hydrogens is 352 g/mol. The summed E-state index contributed by atoms with van der Waals surface area (Å²) in [7, 11) is -2.68. The van der Waals surface area contributed by atoms with Gasteiger partial charge in [-0.05, 0) is 30.3 Å². The minimum atomic E-state index is -4.19. The monoisotopic (exact) mass is 367 g/mol. The Morgan fingerprint density at radius 3 is 2.52 bits per heavy atom. The molecule has 0 amide bonds. The number of ether oxygens (including phenoxy) is 2. The van der Waals surface area contributed by atoms with Crippen molar-refractivity contribution < 1.29 is 26.7 Å². The largest absolute Gasteiger partial charge is 0.493 e. The van der Waals surface area contributed by atoms with Crippen molar-refractivity contribution in [3.63, 3.8) is 0 Å². The fourth-order valence-electron chi connectivity index (χ4n) is 1.86. The number of halogens is 2. The zero-order valence-corrected chi connectivity index (χ0v) is 14.1. The van der Waals surface area contributed by atoms with Gasteiger partial charge >= 0.3 is 0 Å². The standard InChI is InChI=1S/C17H15F2NO4S/c1-23-15-6-2-3-7-16(15)24-11-5-4-10-20-25(21,22)17-12-13(18)8-9-14(17)19/h2-3,6-9,12,20H,10-11H2,1H3. The number of rotatable bonds is 6. The SMILES string of the molecule is COc1ccccc1OCC#CCNS(=O)(=O)c1cc(F)ccc1F. The Morgan fingerprint density at radius 1 is 1.08 bits per heavy atom. The molecule has 0 aliphatic carbocycles. The maximum atomic E-state index is 13.5. The topological polar surface area (TPSA) is 64.6 Å². The summed E-state index contributed by atoms with van der Waals surface area (Å²) in [5.41, 5.74) is 0. The fraction of sp³-hybridized carbons (Fsp3) is 0.176. The van der Waals surface area contributed by atoms with Crippen LogP contribution in [-0.2, 0) is 10.0 Å². The van der Waals surface area contributed by atoms with E-state index in [1.54, 1.807) is 24.3 Å². The smallest absolute Gasteiger partial charge is 0.244 e. The zero-order valence-electron chi connectivity index (χ0n) is 13.3. The first-order valence-electron chi connectivity index (χ1n) is 7.10. The molecule has 0 spiro atoms. The van der Waals surface area contributed by atoms with E-state index in [4.69, 9.17) is 9.47 Å². The summed E-state index contributed by atoms with van der Waals surface area (Å²) in [4.78, 5) is -0.764. The van der Waals surface area contributed by atoms with Gasteiger partial charge in [0.1, 0.15) is 23.1 Å². The second-order valence-electron chi connectivity index (χ2n) is 4.69. The first kappa shape index (κ1) is 18.7. The lowest BCUT2D eigenvalue weighted by Crippen LogP contribution is -2.25. The van der Waals surface area contributed by atoms with E-state index in [-0.39, 0.29) is 13.2 Å². The maximum Gasteiger partial charge on any atom is 0.244 e. The van der Waals surface area contributed by atoms with Crippen LogP contribution in [0.5, 0.6) is 11.5 Å². The van der Waals surface area contributed by atoms with Gasteiger partial charge in [0.15, 0.2) is 11.5 Å². The van der Waals surface area contributed by atoms with Gasteiger partial charge in [0, 0.05) is 0 Å². The predicted molar refractivity (Wildman–Crippen MR) is 87.8 cm³/mol. The van der Waals surface area contributed by atoms with Crippen LogP contribution in [0.15, 0.2) is 47.4 Å². The summed E-state index contributed by atoms with van der Waals surface area (Å²) in [5.74, 6) is 4.30. The number of methoxy groups -OCH3 is 1. The van der Waals surface area contributed by atoms with Gasteiger partial charge in [-0.3, -0.25) is 0 Å². The van der Waals surface area contributed by atoms with Crippen molar-refractivity contribution in [3.8, 4) is 23.3 Å². The Balaban J connectivity index is 1.90. The summed E-state index contributed by atoms with van der Waals surface area (Å²) < 4.78 is 63.0. The van der Waals surface area contributed by atoms with Crippen LogP contribution in [0.2, 0.25) is 0 Å². The van der Waals surface area contributed by atoms with Crippen LogP contribution in [0.25, 0.3) is 0 Å². The van der Waals surface area contributed by atoms with E-state index in [1.807, 2.05) is 0 Å². The maximum absolute atomic E-state index is 13.5. The Hall–Kier alpha value is -2.63. The van der Waals surface area contributed by atoms with E-state index >= 15 is 0 Å². The third-order valence-electron chi connectivity index (χ3n) is 3.03. The number of para-hydroxylation sites is 2. The molecule has 0 fully saturated rings. The van der Waals surface area contributed by atoms with Gasteiger partial charge in [-0.2, -0.15) is 4.72 Å². The van der Waals surface area contributed by atoms with E-state index < -0.39 is 26.6 Å². The Labute approximate surface area is 144 Å². The number of sulfonamides is 1. The van der Waals surface area contributed by atoms with Crippen LogP contribution in [0.3, 0.4) is 0 Å². The third-order valence-corrected chi connectivity index (χ3v) is 4.44. The Morgan fingerprint density at radius 2 is 1.80 bits per heavy atom. The molecular formula is C17H15F2NO4S. The molecule has 0 saturated carbocycles. The van der Waals surface area contributed by atoms with Crippen molar-refractivity contribution >= 4 is 10.0 Å². The summed E-state index contributed by atoms with van der Waals surface area (Å²) >= 11 is 0.